The molecule has 0 bridgehead atoms. The van der Waals surface area contributed by atoms with Crippen LogP contribution in [0.5, 0.6) is 0 Å². The van der Waals surface area contributed by atoms with Gasteiger partial charge in [-0.05, 0) is 116 Å². The first-order valence-corrected chi connectivity index (χ1v) is 13.1. The summed E-state index contributed by atoms with van der Waals surface area (Å²) >= 11 is 0. The molecular formula is C28H48O2. The maximum Gasteiger partial charge on any atom is 0.0602 e. The first-order valence-electron chi connectivity index (χ1n) is 13.1. The van der Waals surface area contributed by atoms with Gasteiger partial charge in [-0.25, -0.2) is 0 Å². The number of fused-ring (bicyclic) bond motifs is 5. The number of allylic oxidation sites excluding steroid dienone is 1. The summed E-state index contributed by atoms with van der Waals surface area (Å²) in [7, 11) is 0. The minimum absolute atomic E-state index is 0.0873. The molecule has 2 nitrogen and oxygen atoms in total. The number of aliphatic hydroxyl groups excluding tert-OH is 2. The third kappa shape index (κ3) is 3.53. The Morgan fingerprint density at radius 1 is 0.967 bits per heavy atom. The lowest BCUT2D eigenvalue weighted by Gasteiger charge is -2.62. The molecule has 2 heteroatoms. The van der Waals surface area contributed by atoms with Crippen LogP contribution in [0.4, 0.5) is 0 Å². The van der Waals surface area contributed by atoms with Gasteiger partial charge in [-0.1, -0.05) is 46.8 Å². The zero-order chi connectivity index (χ0) is 21.8. The predicted molar refractivity (Wildman–Crippen MR) is 125 cm³/mol. The highest BCUT2D eigenvalue weighted by molar-refractivity contribution is 5.12. The van der Waals surface area contributed by atoms with Gasteiger partial charge in [0.25, 0.3) is 0 Å². The molecule has 10 atom stereocenters. The first-order chi connectivity index (χ1) is 14.1. The number of hydrogen-bond donors (Lipinski definition) is 2. The van der Waals surface area contributed by atoms with Gasteiger partial charge in [-0.3, -0.25) is 0 Å². The van der Waals surface area contributed by atoms with Crippen LogP contribution in [-0.4, -0.2) is 22.4 Å². The second-order valence-electron chi connectivity index (χ2n) is 12.7. The molecule has 4 saturated carbocycles. The van der Waals surface area contributed by atoms with Crippen LogP contribution in [0, 0.1) is 52.3 Å². The van der Waals surface area contributed by atoms with Crippen LogP contribution in [0.15, 0.2) is 12.2 Å². The van der Waals surface area contributed by atoms with Crippen LogP contribution in [0.3, 0.4) is 0 Å². The topological polar surface area (TPSA) is 40.5 Å². The van der Waals surface area contributed by atoms with Crippen molar-refractivity contribution < 1.29 is 10.2 Å². The average molecular weight is 417 g/mol. The lowest BCUT2D eigenvalue weighted by Crippen LogP contribution is -2.58. The van der Waals surface area contributed by atoms with Crippen molar-refractivity contribution in [3.63, 3.8) is 0 Å². The van der Waals surface area contributed by atoms with Crippen molar-refractivity contribution in [2.75, 3.05) is 0 Å². The van der Waals surface area contributed by atoms with E-state index in [4.69, 9.17) is 0 Å². The molecule has 0 spiro atoms. The molecular weight excluding hydrogens is 368 g/mol. The quantitative estimate of drug-likeness (QED) is 0.495. The molecule has 4 rings (SSSR count). The second-order valence-corrected chi connectivity index (χ2v) is 12.7. The van der Waals surface area contributed by atoms with Gasteiger partial charge in [0.1, 0.15) is 0 Å². The number of hydrogen-bond acceptors (Lipinski definition) is 2. The number of aliphatic hydroxyl groups is 2. The molecule has 30 heavy (non-hydrogen) atoms. The molecule has 0 aromatic heterocycles. The fraction of sp³-hybridized carbons (Fsp3) is 0.929. The summed E-state index contributed by atoms with van der Waals surface area (Å²) in [6.07, 6.45) is 11.5. The highest BCUT2D eigenvalue weighted by Crippen LogP contribution is 2.68. The zero-order valence-electron chi connectivity index (χ0n) is 20.4. The molecule has 6 unspecified atom stereocenters. The SMILES string of the molecule is C=C(CC[C@@H](C)[C@H]1CCC2C3CCC4C[C@H](O)CCC4(C)C3C[C@H](O)C21C)C(C)C. The van der Waals surface area contributed by atoms with Crippen LogP contribution in [0.25, 0.3) is 0 Å². The summed E-state index contributed by atoms with van der Waals surface area (Å²) in [6, 6.07) is 0. The third-order valence-electron chi connectivity index (χ3n) is 11.2. The van der Waals surface area contributed by atoms with Gasteiger partial charge in [0.15, 0.2) is 0 Å². The van der Waals surface area contributed by atoms with Crippen molar-refractivity contribution >= 4 is 0 Å². The van der Waals surface area contributed by atoms with E-state index in [0.717, 1.165) is 38.0 Å². The van der Waals surface area contributed by atoms with E-state index in [1.54, 1.807) is 0 Å². The molecule has 4 aliphatic rings. The number of rotatable bonds is 5. The maximum absolute atomic E-state index is 11.7. The van der Waals surface area contributed by atoms with Crippen LogP contribution in [0.2, 0.25) is 0 Å². The normalized spacial score (nSPS) is 49.3. The van der Waals surface area contributed by atoms with Crippen molar-refractivity contribution in [3.8, 4) is 0 Å². The van der Waals surface area contributed by atoms with Crippen LogP contribution < -0.4 is 0 Å². The molecule has 0 amide bonds. The minimum Gasteiger partial charge on any atom is -0.393 e. The maximum atomic E-state index is 11.7. The molecule has 4 aliphatic carbocycles. The molecule has 0 heterocycles. The Kier molecular flexibility index (Phi) is 6.26. The molecule has 0 aromatic carbocycles. The molecule has 0 radical (unpaired) electrons. The summed E-state index contributed by atoms with van der Waals surface area (Å²) in [5.74, 6) is 4.70. The summed E-state index contributed by atoms with van der Waals surface area (Å²) in [4.78, 5) is 0. The molecule has 2 N–H and O–H groups in total. The zero-order valence-corrected chi connectivity index (χ0v) is 20.4. The van der Waals surface area contributed by atoms with Crippen molar-refractivity contribution in [1.29, 1.82) is 0 Å². The Morgan fingerprint density at radius 2 is 1.70 bits per heavy atom. The van der Waals surface area contributed by atoms with E-state index in [9.17, 15) is 10.2 Å². The summed E-state index contributed by atoms with van der Waals surface area (Å²) < 4.78 is 0. The van der Waals surface area contributed by atoms with Gasteiger partial charge in [0.05, 0.1) is 12.2 Å². The second kappa shape index (κ2) is 8.22. The van der Waals surface area contributed by atoms with E-state index in [0.29, 0.717) is 40.9 Å². The minimum atomic E-state index is -0.158. The van der Waals surface area contributed by atoms with E-state index in [1.165, 1.54) is 37.7 Å². The van der Waals surface area contributed by atoms with Gasteiger partial charge in [0, 0.05) is 0 Å². The predicted octanol–water partition coefficient (Wildman–Crippen LogP) is 6.61. The van der Waals surface area contributed by atoms with Gasteiger partial charge >= 0.3 is 0 Å². The van der Waals surface area contributed by atoms with Crippen LogP contribution in [0.1, 0.15) is 98.8 Å². The lowest BCUT2D eigenvalue weighted by molar-refractivity contribution is -0.174. The van der Waals surface area contributed by atoms with E-state index in [2.05, 4.69) is 41.2 Å². The first kappa shape index (κ1) is 22.8. The Balaban J connectivity index is 1.52. The van der Waals surface area contributed by atoms with Crippen molar-refractivity contribution in [2.24, 2.45) is 52.3 Å². The largest absolute Gasteiger partial charge is 0.393 e. The highest BCUT2D eigenvalue weighted by atomic mass is 16.3. The third-order valence-corrected chi connectivity index (χ3v) is 11.2. The highest BCUT2D eigenvalue weighted by Gasteiger charge is 2.63. The van der Waals surface area contributed by atoms with Crippen molar-refractivity contribution in [1.82, 2.24) is 0 Å². The Bertz CT molecular complexity index is 641. The molecule has 0 aliphatic heterocycles. The Labute approximate surface area is 185 Å². The summed E-state index contributed by atoms with van der Waals surface area (Å²) in [5.41, 5.74) is 1.82. The smallest absolute Gasteiger partial charge is 0.0602 e. The summed E-state index contributed by atoms with van der Waals surface area (Å²) in [5, 5.41) is 21.9. The lowest BCUT2D eigenvalue weighted by atomic mass is 9.43. The van der Waals surface area contributed by atoms with E-state index >= 15 is 0 Å². The summed E-state index contributed by atoms with van der Waals surface area (Å²) in [6.45, 7) is 16.2. The standard InChI is InChI=1S/C28H48O2/c1-17(2)18(3)7-8-19(4)23-11-12-24-22-10-9-20-15-21(29)13-14-27(20,5)25(22)16-26(30)28(23,24)6/h17,19-26,29-30H,3,7-16H2,1-2,4-6H3/t19-,20?,21-,22?,23-,24?,25?,26+,27?,28?/m1/s1. The van der Waals surface area contributed by atoms with Gasteiger partial charge < -0.3 is 10.2 Å². The Morgan fingerprint density at radius 3 is 2.40 bits per heavy atom. The van der Waals surface area contributed by atoms with Crippen LogP contribution in [-0.2, 0) is 0 Å². The van der Waals surface area contributed by atoms with E-state index in [1.807, 2.05) is 0 Å². The van der Waals surface area contributed by atoms with Gasteiger partial charge in [-0.15, -0.1) is 0 Å². The van der Waals surface area contributed by atoms with Gasteiger partial charge in [-0.2, -0.15) is 0 Å². The van der Waals surface area contributed by atoms with Gasteiger partial charge in [0.2, 0.25) is 0 Å². The van der Waals surface area contributed by atoms with Crippen molar-refractivity contribution in [2.45, 2.75) is 111 Å². The van der Waals surface area contributed by atoms with Crippen molar-refractivity contribution in [3.05, 3.63) is 12.2 Å². The van der Waals surface area contributed by atoms with Crippen LogP contribution >= 0.6 is 0 Å². The fourth-order valence-corrected chi connectivity index (χ4v) is 9.06. The van der Waals surface area contributed by atoms with E-state index < -0.39 is 0 Å². The fourth-order valence-electron chi connectivity index (χ4n) is 9.06. The molecule has 4 fully saturated rings. The molecule has 0 saturated heterocycles. The molecule has 172 valence electrons. The molecule has 0 aromatic rings. The van der Waals surface area contributed by atoms with E-state index in [-0.39, 0.29) is 17.6 Å². The monoisotopic (exact) mass is 416 g/mol. The average Bonchev–Trinajstić information content (AvgIpc) is 3.06. The Hall–Kier alpha value is -0.340.